The molecule has 6 rings (SSSR count). The van der Waals surface area contributed by atoms with Crippen molar-refractivity contribution in [3.63, 3.8) is 0 Å². The highest BCUT2D eigenvalue weighted by atomic mass is 35.5. The number of hydrogen-bond acceptors (Lipinski definition) is 6. The van der Waals surface area contributed by atoms with Gasteiger partial charge in [0, 0.05) is 41.0 Å². The molecule has 2 bridgehead atoms. The lowest BCUT2D eigenvalue weighted by molar-refractivity contribution is 0.0922. The van der Waals surface area contributed by atoms with Crippen molar-refractivity contribution in [2.45, 2.75) is 82.5 Å². The second kappa shape index (κ2) is 14.3. The van der Waals surface area contributed by atoms with Crippen LogP contribution in [0.1, 0.15) is 94.8 Å². The van der Waals surface area contributed by atoms with Gasteiger partial charge in [-0.3, -0.25) is 9.59 Å². The summed E-state index contributed by atoms with van der Waals surface area (Å²) < 4.78 is 35.6. The van der Waals surface area contributed by atoms with Crippen molar-refractivity contribution in [1.82, 2.24) is 20.9 Å². The fourth-order valence-corrected chi connectivity index (χ4v) is 7.45. The number of aromatic nitrogens is 1. The lowest BCUT2D eigenvalue weighted by Crippen LogP contribution is -2.50. The van der Waals surface area contributed by atoms with Crippen LogP contribution in [-0.2, 0) is 0 Å². The predicted octanol–water partition coefficient (Wildman–Crippen LogP) is 5.99. The number of carbonyl (C=O) groups is 2. The summed E-state index contributed by atoms with van der Waals surface area (Å²) in [5, 5.41) is 9.24. The smallest absolute Gasteiger partial charge is 0.253 e. The van der Waals surface area contributed by atoms with Crippen molar-refractivity contribution >= 4 is 30.0 Å². The first-order valence-electron chi connectivity index (χ1n) is 15.9. The number of piperidine rings is 2. The molecule has 11 heteroatoms. The summed E-state index contributed by atoms with van der Waals surface area (Å²) in [6.45, 7) is 5.14. The Hall–Kier alpha value is -3.76. The Morgan fingerprint density at radius 2 is 1.67 bits per heavy atom. The van der Waals surface area contributed by atoms with Gasteiger partial charge in [-0.1, -0.05) is 6.07 Å². The largest absolute Gasteiger partial charge is 0.496 e. The molecule has 0 spiro atoms. The molecule has 1 aromatic heterocycles. The molecule has 246 valence electrons. The van der Waals surface area contributed by atoms with Gasteiger partial charge in [0.1, 0.15) is 23.2 Å². The normalized spacial score (nSPS) is 21.7. The SMILES string of the molecule is COc1cccc(C(=O)N[C@H]2C[C@H]3CC[C@@H](C2)N3c2ccc(C(=O)NC(C)c3c(F)cc(C4CCNCC4)cc3F)cn2)c1C.Cl. The molecule has 0 radical (unpaired) electrons. The zero-order chi connectivity index (χ0) is 31.7. The van der Waals surface area contributed by atoms with Crippen molar-refractivity contribution in [2.75, 3.05) is 25.1 Å². The number of ether oxygens (including phenoxy) is 1. The van der Waals surface area contributed by atoms with Crippen molar-refractivity contribution in [1.29, 1.82) is 0 Å². The molecular formula is C35H42ClF2N5O3. The highest BCUT2D eigenvalue weighted by Crippen LogP contribution is 2.39. The van der Waals surface area contributed by atoms with Gasteiger partial charge in [-0.2, -0.15) is 0 Å². The van der Waals surface area contributed by atoms with E-state index in [1.165, 1.54) is 18.3 Å². The van der Waals surface area contributed by atoms with Gasteiger partial charge in [-0.15, -0.1) is 12.4 Å². The summed E-state index contributed by atoms with van der Waals surface area (Å²) in [6, 6.07) is 11.5. The third-order valence-corrected chi connectivity index (χ3v) is 9.78. The van der Waals surface area contributed by atoms with Crippen LogP contribution < -0.4 is 25.6 Å². The molecule has 3 N–H and O–H groups in total. The summed E-state index contributed by atoms with van der Waals surface area (Å²) >= 11 is 0. The van der Waals surface area contributed by atoms with Crippen molar-refractivity contribution in [3.05, 3.63) is 88.1 Å². The van der Waals surface area contributed by atoms with Gasteiger partial charge in [0.2, 0.25) is 0 Å². The van der Waals surface area contributed by atoms with Gasteiger partial charge < -0.3 is 25.6 Å². The predicted molar refractivity (Wildman–Crippen MR) is 176 cm³/mol. The van der Waals surface area contributed by atoms with Gasteiger partial charge in [0.05, 0.1) is 18.7 Å². The Morgan fingerprint density at radius 3 is 2.28 bits per heavy atom. The molecule has 3 aliphatic rings. The van der Waals surface area contributed by atoms with Crippen LogP contribution in [0.5, 0.6) is 5.75 Å². The van der Waals surface area contributed by atoms with Crippen LogP contribution in [0.25, 0.3) is 0 Å². The highest BCUT2D eigenvalue weighted by Gasteiger charge is 2.42. The molecule has 2 amide bonds. The van der Waals surface area contributed by atoms with E-state index in [1.54, 1.807) is 20.1 Å². The van der Waals surface area contributed by atoms with Crippen LogP contribution in [0.3, 0.4) is 0 Å². The van der Waals surface area contributed by atoms with Crippen LogP contribution in [0.2, 0.25) is 0 Å². The van der Waals surface area contributed by atoms with Crippen LogP contribution in [0.15, 0.2) is 48.7 Å². The molecule has 4 heterocycles. The summed E-state index contributed by atoms with van der Waals surface area (Å²) in [6.07, 6.45) is 6.82. The number of amides is 2. The maximum atomic E-state index is 15.1. The fraction of sp³-hybridized carbons (Fsp3) is 0.457. The molecule has 3 saturated heterocycles. The number of rotatable bonds is 8. The second-order valence-electron chi connectivity index (χ2n) is 12.6. The second-order valence-corrected chi connectivity index (χ2v) is 12.6. The van der Waals surface area contributed by atoms with Gasteiger partial charge in [0.15, 0.2) is 0 Å². The third-order valence-electron chi connectivity index (χ3n) is 9.78. The molecule has 8 nitrogen and oxygen atoms in total. The van der Waals surface area contributed by atoms with E-state index in [0.717, 1.165) is 63.0 Å². The Balaban J connectivity index is 0.00000417. The number of hydrogen-bond donors (Lipinski definition) is 3. The van der Waals surface area contributed by atoms with Crippen molar-refractivity contribution < 1.29 is 23.1 Å². The van der Waals surface area contributed by atoms with Crippen LogP contribution in [0.4, 0.5) is 14.6 Å². The minimum Gasteiger partial charge on any atom is -0.496 e. The van der Waals surface area contributed by atoms with Gasteiger partial charge in [-0.25, -0.2) is 13.8 Å². The maximum Gasteiger partial charge on any atom is 0.253 e. The minimum atomic E-state index is -0.856. The number of halogens is 3. The molecule has 2 aromatic carbocycles. The maximum absolute atomic E-state index is 15.1. The topological polar surface area (TPSA) is 95.6 Å². The van der Waals surface area contributed by atoms with E-state index in [-0.39, 0.29) is 47.9 Å². The fourth-order valence-electron chi connectivity index (χ4n) is 7.45. The number of methoxy groups -OCH3 is 1. The number of nitrogens with one attached hydrogen (secondary N) is 3. The average molecular weight is 654 g/mol. The van der Waals surface area contributed by atoms with Crippen molar-refractivity contribution in [2.24, 2.45) is 0 Å². The van der Waals surface area contributed by atoms with E-state index in [9.17, 15) is 9.59 Å². The van der Waals surface area contributed by atoms with Crippen LogP contribution >= 0.6 is 12.4 Å². The van der Waals surface area contributed by atoms with E-state index in [1.807, 2.05) is 31.2 Å². The summed E-state index contributed by atoms with van der Waals surface area (Å²) in [5.41, 5.74) is 2.29. The van der Waals surface area contributed by atoms with Crippen LogP contribution in [-0.4, -0.2) is 55.1 Å². The van der Waals surface area contributed by atoms with Gasteiger partial charge in [-0.05, 0) is 113 Å². The van der Waals surface area contributed by atoms with E-state index in [2.05, 4.69) is 25.8 Å². The van der Waals surface area contributed by atoms with Crippen LogP contribution in [0, 0.1) is 18.6 Å². The summed E-state index contributed by atoms with van der Waals surface area (Å²) in [5.74, 6) is -0.217. The lowest BCUT2D eigenvalue weighted by atomic mass is 9.89. The number of pyridine rings is 1. The number of fused-ring (bicyclic) bond motifs is 2. The number of carbonyl (C=O) groups excluding carboxylic acids is 2. The summed E-state index contributed by atoms with van der Waals surface area (Å²) in [7, 11) is 1.60. The zero-order valence-electron chi connectivity index (χ0n) is 26.4. The third kappa shape index (κ3) is 6.83. The van der Waals surface area contributed by atoms with Crippen molar-refractivity contribution in [3.8, 4) is 5.75 Å². The van der Waals surface area contributed by atoms with E-state index >= 15 is 8.78 Å². The highest BCUT2D eigenvalue weighted by molar-refractivity contribution is 5.96. The molecule has 3 aliphatic heterocycles. The first-order chi connectivity index (χ1) is 21.7. The molecule has 46 heavy (non-hydrogen) atoms. The molecule has 3 fully saturated rings. The number of nitrogens with zero attached hydrogens (tertiary/aromatic N) is 2. The molecule has 0 saturated carbocycles. The van der Waals surface area contributed by atoms with E-state index in [0.29, 0.717) is 22.4 Å². The first kappa shape index (κ1) is 33.6. The molecule has 1 unspecified atom stereocenters. The molecular weight excluding hydrogens is 612 g/mol. The minimum absolute atomic E-state index is 0. The molecule has 0 aliphatic carbocycles. The average Bonchev–Trinajstić information content (AvgIpc) is 3.30. The number of benzene rings is 2. The standard InChI is InChI=1S/C35H41F2N5O3.ClH/c1-20-28(5-4-6-31(20)45-3)35(44)41-25-17-26-8-9-27(18-25)42(26)32-10-7-23(19-39-32)34(43)40-21(2)33-29(36)15-24(16-30(33)37)22-11-13-38-14-12-22;/h4-7,10,15-16,19,21-22,25-27,38H,8-9,11-14,17-18H2,1-3H3,(H,40,43)(H,41,44);1H/t21?,25-,26+,27-;. The number of anilines is 1. The first-order valence-corrected chi connectivity index (χ1v) is 15.9. The monoisotopic (exact) mass is 653 g/mol. The van der Waals surface area contributed by atoms with Gasteiger partial charge >= 0.3 is 0 Å². The van der Waals surface area contributed by atoms with Gasteiger partial charge in [0.25, 0.3) is 11.8 Å². The Kier molecular flexibility index (Phi) is 10.5. The Labute approximate surface area is 275 Å². The lowest BCUT2D eigenvalue weighted by Gasteiger charge is -2.40. The molecule has 3 aromatic rings. The Bertz CT molecular complexity index is 1530. The molecule has 4 atom stereocenters. The van der Waals surface area contributed by atoms with E-state index in [4.69, 9.17) is 4.74 Å². The summed E-state index contributed by atoms with van der Waals surface area (Å²) in [4.78, 5) is 33.1. The quantitative estimate of drug-likeness (QED) is 0.277. The van der Waals surface area contributed by atoms with E-state index < -0.39 is 23.6 Å². The zero-order valence-corrected chi connectivity index (χ0v) is 27.3. The Morgan fingerprint density at radius 1 is 1.00 bits per heavy atom.